The van der Waals surface area contributed by atoms with E-state index in [1.165, 1.54) is 0 Å². The fourth-order valence-corrected chi connectivity index (χ4v) is 1.33. The summed E-state index contributed by atoms with van der Waals surface area (Å²) in [4.78, 5) is 21.5. The molecule has 0 aromatic carbocycles. The summed E-state index contributed by atoms with van der Waals surface area (Å²) < 4.78 is 8.99. The molecule has 0 aromatic heterocycles. The molecule has 0 aliphatic carbocycles. The van der Waals surface area contributed by atoms with Crippen LogP contribution in [0.3, 0.4) is 0 Å². The molecule has 0 amide bonds. The number of carbonyl (C=O) groups is 2. The van der Waals surface area contributed by atoms with Crippen molar-refractivity contribution in [2.45, 2.75) is 18.8 Å². The van der Waals surface area contributed by atoms with Gasteiger partial charge < -0.3 is 14.6 Å². The summed E-state index contributed by atoms with van der Waals surface area (Å²) in [5.74, 6) is -1.86. The van der Waals surface area contributed by atoms with Crippen LogP contribution < -0.4 is 0 Å². The first kappa shape index (κ1) is 6.75. The van der Waals surface area contributed by atoms with E-state index in [-0.39, 0.29) is 6.42 Å². The number of hydrogen-bond acceptors (Lipinski definition) is 5. The summed E-state index contributed by atoms with van der Waals surface area (Å²) in [6.45, 7) is 0. The van der Waals surface area contributed by atoms with Crippen molar-refractivity contribution in [3.63, 3.8) is 0 Å². The van der Waals surface area contributed by atoms with Crippen molar-refractivity contribution in [2.75, 3.05) is 0 Å². The van der Waals surface area contributed by atoms with Crippen molar-refractivity contribution in [3.8, 4) is 0 Å². The molecule has 2 rings (SSSR count). The minimum Gasteiger partial charge on any atom is -0.391 e. The minimum absolute atomic E-state index is 0.162. The van der Waals surface area contributed by atoms with Crippen LogP contribution in [0.1, 0.15) is 6.42 Å². The van der Waals surface area contributed by atoms with E-state index in [1.807, 2.05) is 0 Å². The number of aliphatic hydroxyl groups is 1. The fraction of sp³-hybridized carbons (Fsp3) is 0.667. The van der Waals surface area contributed by atoms with E-state index in [1.54, 1.807) is 0 Å². The van der Waals surface area contributed by atoms with Crippen molar-refractivity contribution in [3.05, 3.63) is 0 Å². The summed E-state index contributed by atoms with van der Waals surface area (Å²) in [7, 11) is 0. The second kappa shape index (κ2) is 2.02. The monoisotopic (exact) mass is 158 g/mol. The number of fused-ring (bicyclic) bond motifs is 1. The van der Waals surface area contributed by atoms with Gasteiger partial charge in [-0.3, -0.25) is 4.79 Å². The largest absolute Gasteiger partial charge is 0.391 e. The number of hydrogen-bond donors (Lipinski definition) is 1. The molecule has 11 heavy (non-hydrogen) atoms. The highest BCUT2D eigenvalue weighted by Gasteiger charge is 2.51. The van der Waals surface area contributed by atoms with Gasteiger partial charge in [-0.25, -0.2) is 4.79 Å². The third kappa shape index (κ3) is 0.849. The average Bonchev–Trinajstić information content (AvgIpc) is 2.38. The van der Waals surface area contributed by atoms with Gasteiger partial charge in [0.25, 0.3) is 0 Å². The smallest absolute Gasteiger partial charge is 0.343 e. The Morgan fingerprint density at radius 2 is 2.09 bits per heavy atom. The number of cyclic esters (lactones) is 2. The van der Waals surface area contributed by atoms with Gasteiger partial charge in [0.15, 0.2) is 12.4 Å². The molecule has 0 radical (unpaired) electrons. The SMILES string of the molecule is O=C1OC(=O)C2OC(O)CC12. The minimum atomic E-state index is -0.998. The van der Waals surface area contributed by atoms with Gasteiger partial charge in [-0.2, -0.15) is 0 Å². The zero-order valence-electron chi connectivity index (χ0n) is 5.52. The van der Waals surface area contributed by atoms with Crippen LogP contribution in [-0.2, 0) is 19.1 Å². The van der Waals surface area contributed by atoms with Crippen molar-refractivity contribution >= 4 is 11.9 Å². The Morgan fingerprint density at radius 1 is 1.36 bits per heavy atom. The third-order valence-corrected chi connectivity index (χ3v) is 1.86. The van der Waals surface area contributed by atoms with Crippen molar-refractivity contribution < 1.29 is 24.2 Å². The lowest BCUT2D eigenvalue weighted by Gasteiger charge is -2.01. The number of rotatable bonds is 0. The molecule has 0 bridgehead atoms. The van der Waals surface area contributed by atoms with Crippen molar-refractivity contribution in [1.29, 1.82) is 0 Å². The number of carbonyl (C=O) groups excluding carboxylic acids is 2. The molecule has 2 aliphatic rings. The molecule has 0 spiro atoms. The average molecular weight is 158 g/mol. The molecule has 3 unspecified atom stereocenters. The van der Waals surface area contributed by atoms with E-state index in [2.05, 4.69) is 4.74 Å². The van der Waals surface area contributed by atoms with Gasteiger partial charge in [0.2, 0.25) is 0 Å². The molecular formula is C6H6O5. The zero-order valence-corrected chi connectivity index (χ0v) is 5.52. The highest BCUT2D eigenvalue weighted by atomic mass is 16.7. The van der Waals surface area contributed by atoms with Gasteiger partial charge in [0.05, 0.1) is 5.92 Å². The van der Waals surface area contributed by atoms with Gasteiger partial charge in [-0.15, -0.1) is 0 Å². The van der Waals surface area contributed by atoms with Crippen LogP contribution in [-0.4, -0.2) is 29.4 Å². The van der Waals surface area contributed by atoms with Crippen molar-refractivity contribution in [2.24, 2.45) is 5.92 Å². The second-order valence-electron chi connectivity index (χ2n) is 2.59. The summed E-state index contributed by atoms with van der Waals surface area (Å²) in [6, 6.07) is 0. The topological polar surface area (TPSA) is 72.8 Å². The Hall–Kier alpha value is -0.940. The van der Waals surface area contributed by atoms with Crippen LogP contribution in [0.2, 0.25) is 0 Å². The first-order valence-corrected chi connectivity index (χ1v) is 3.27. The van der Waals surface area contributed by atoms with Crippen LogP contribution in [0.25, 0.3) is 0 Å². The zero-order chi connectivity index (χ0) is 8.01. The lowest BCUT2D eigenvalue weighted by atomic mass is 10.0. The maximum atomic E-state index is 10.8. The maximum Gasteiger partial charge on any atom is 0.343 e. The highest BCUT2D eigenvalue weighted by Crippen LogP contribution is 2.31. The molecule has 2 saturated heterocycles. The van der Waals surface area contributed by atoms with Crippen LogP contribution in [0, 0.1) is 5.92 Å². The Bertz CT molecular complexity index is 201. The standard InChI is InChI=1S/C6H6O5/c7-3-1-2-4(10-3)6(9)11-5(2)8/h2-4,7H,1H2. The Balaban J connectivity index is 2.23. The maximum absolute atomic E-state index is 10.8. The van der Waals surface area contributed by atoms with E-state index in [4.69, 9.17) is 9.84 Å². The molecule has 0 saturated carbocycles. The molecule has 5 heteroatoms. The third-order valence-electron chi connectivity index (χ3n) is 1.86. The normalized spacial score (nSPS) is 42.5. The van der Waals surface area contributed by atoms with Gasteiger partial charge in [0.1, 0.15) is 0 Å². The molecule has 2 aliphatic heterocycles. The summed E-state index contributed by atoms with van der Waals surface area (Å²) in [5, 5.41) is 8.89. The Kier molecular flexibility index (Phi) is 1.24. The second-order valence-corrected chi connectivity index (χ2v) is 2.59. The fourth-order valence-electron chi connectivity index (χ4n) is 1.33. The van der Waals surface area contributed by atoms with Gasteiger partial charge in [0, 0.05) is 6.42 Å². The predicted molar refractivity (Wildman–Crippen MR) is 30.1 cm³/mol. The molecule has 2 heterocycles. The van der Waals surface area contributed by atoms with Crippen LogP contribution >= 0.6 is 0 Å². The molecule has 5 nitrogen and oxygen atoms in total. The van der Waals surface area contributed by atoms with Crippen molar-refractivity contribution in [1.82, 2.24) is 0 Å². The van der Waals surface area contributed by atoms with Gasteiger partial charge in [-0.1, -0.05) is 0 Å². The van der Waals surface area contributed by atoms with Gasteiger partial charge >= 0.3 is 11.9 Å². The molecule has 1 N–H and O–H groups in total. The quantitative estimate of drug-likeness (QED) is 0.354. The Morgan fingerprint density at radius 3 is 2.73 bits per heavy atom. The molecule has 60 valence electrons. The van der Waals surface area contributed by atoms with Gasteiger partial charge in [-0.05, 0) is 0 Å². The molecule has 3 atom stereocenters. The Labute approximate surface area is 61.9 Å². The van der Waals surface area contributed by atoms with E-state index < -0.39 is 30.3 Å². The van der Waals surface area contributed by atoms with E-state index in [0.29, 0.717) is 0 Å². The highest BCUT2D eigenvalue weighted by molar-refractivity contribution is 5.98. The van der Waals surface area contributed by atoms with Crippen LogP contribution in [0.15, 0.2) is 0 Å². The summed E-state index contributed by atoms with van der Waals surface area (Å²) in [5.41, 5.74) is 0. The number of esters is 2. The predicted octanol–water partition coefficient (Wildman–Crippen LogP) is -1.21. The molecule has 2 fully saturated rings. The van der Waals surface area contributed by atoms with E-state index >= 15 is 0 Å². The lowest BCUT2D eigenvalue weighted by Crippen LogP contribution is -2.19. The summed E-state index contributed by atoms with van der Waals surface area (Å²) >= 11 is 0. The number of ether oxygens (including phenoxy) is 2. The van der Waals surface area contributed by atoms with Crippen LogP contribution in [0.4, 0.5) is 0 Å². The van der Waals surface area contributed by atoms with E-state index in [0.717, 1.165) is 0 Å². The lowest BCUT2D eigenvalue weighted by molar-refractivity contribution is -0.164. The molecule has 0 aromatic rings. The first-order chi connectivity index (χ1) is 5.18. The number of aliphatic hydroxyl groups excluding tert-OH is 1. The summed E-state index contributed by atoms with van der Waals surface area (Å²) in [6.07, 6.45) is -1.70. The first-order valence-electron chi connectivity index (χ1n) is 3.27. The van der Waals surface area contributed by atoms with E-state index in [9.17, 15) is 9.59 Å². The van der Waals surface area contributed by atoms with Crippen LogP contribution in [0.5, 0.6) is 0 Å². The molecular weight excluding hydrogens is 152 g/mol.